The Balaban J connectivity index is 4.16. The van der Waals surface area contributed by atoms with E-state index in [0.29, 0.717) is 0 Å². The van der Waals surface area contributed by atoms with Crippen molar-refractivity contribution in [2.45, 2.75) is 39.8 Å². The average Bonchev–Trinajstić information content (AvgIpc) is 1.85. The topological polar surface area (TPSA) is 57.7 Å². The summed E-state index contributed by atoms with van der Waals surface area (Å²) >= 11 is 0. The van der Waals surface area contributed by atoms with Crippen LogP contribution in [0.4, 0.5) is 4.79 Å². The molecule has 0 aliphatic carbocycles. The SMILES string of the molecule is CC(C)OC(=O)N([N+]#N)C(C)C. The van der Waals surface area contributed by atoms with Gasteiger partial charge in [0, 0.05) is 0 Å². The minimum absolute atomic E-state index is 0.207. The fraction of sp³-hybridized carbons (Fsp3) is 0.857. The maximum atomic E-state index is 11.1. The molecule has 0 saturated heterocycles. The van der Waals surface area contributed by atoms with Crippen LogP contribution in [0.25, 0.3) is 5.08 Å². The van der Waals surface area contributed by atoms with Crippen molar-refractivity contribution < 1.29 is 9.53 Å². The summed E-state index contributed by atoms with van der Waals surface area (Å²) in [5.74, 6) is 0. The lowest BCUT2D eigenvalue weighted by Gasteiger charge is -2.09. The molecule has 0 radical (unpaired) electrons. The fourth-order valence-corrected chi connectivity index (χ4v) is 0.606. The first kappa shape index (κ1) is 10.7. The van der Waals surface area contributed by atoms with E-state index in [1.165, 1.54) is 0 Å². The zero-order valence-corrected chi connectivity index (χ0v) is 7.81. The zero-order chi connectivity index (χ0) is 9.72. The van der Waals surface area contributed by atoms with Gasteiger partial charge in [0.15, 0.2) is 0 Å². The lowest BCUT2D eigenvalue weighted by molar-refractivity contribution is 0.0811. The Labute approximate surface area is 71.9 Å². The molecule has 0 aromatic carbocycles. The molecule has 5 nitrogen and oxygen atoms in total. The predicted octanol–water partition coefficient (Wildman–Crippen LogP) is 2.01. The van der Waals surface area contributed by atoms with Gasteiger partial charge in [0.25, 0.3) is 5.39 Å². The maximum absolute atomic E-state index is 11.1. The van der Waals surface area contributed by atoms with Gasteiger partial charge in [0.2, 0.25) is 0 Å². The molecule has 0 atom stereocenters. The van der Waals surface area contributed by atoms with Gasteiger partial charge in [0.1, 0.15) is 6.04 Å². The summed E-state index contributed by atoms with van der Waals surface area (Å²) < 4.78 is 4.80. The maximum Gasteiger partial charge on any atom is 0.481 e. The fourth-order valence-electron chi connectivity index (χ4n) is 0.606. The van der Waals surface area contributed by atoms with Gasteiger partial charge in [-0.2, -0.15) is 0 Å². The predicted molar refractivity (Wildman–Crippen MR) is 43.7 cm³/mol. The number of amides is 1. The summed E-state index contributed by atoms with van der Waals surface area (Å²) in [5.41, 5.74) is 0. The van der Waals surface area contributed by atoms with E-state index in [9.17, 15) is 4.79 Å². The van der Waals surface area contributed by atoms with E-state index in [4.69, 9.17) is 10.1 Å². The van der Waals surface area contributed by atoms with Crippen LogP contribution in [-0.4, -0.2) is 23.2 Å². The standard InChI is InChI=1S/C7H14N3O2/c1-5(2)10(9-8)7(11)12-6(3)4/h5-6H,1-4H3/q+1. The summed E-state index contributed by atoms with van der Waals surface area (Å²) in [6.07, 6.45) is -0.844. The van der Waals surface area contributed by atoms with Gasteiger partial charge >= 0.3 is 11.2 Å². The largest absolute Gasteiger partial charge is 0.481 e. The molecule has 0 aliphatic heterocycles. The highest BCUT2D eigenvalue weighted by Crippen LogP contribution is 2.03. The van der Waals surface area contributed by atoms with Crippen molar-refractivity contribution in [3.63, 3.8) is 0 Å². The van der Waals surface area contributed by atoms with Gasteiger partial charge in [-0.15, -0.1) is 0 Å². The van der Waals surface area contributed by atoms with Crippen molar-refractivity contribution in [2.75, 3.05) is 0 Å². The minimum Gasteiger partial charge on any atom is -0.442 e. The van der Waals surface area contributed by atoms with Gasteiger partial charge < -0.3 is 4.74 Å². The highest BCUT2D eigenvalue weighted by Gasteiger charge is 2.30. The number of hydrogen-bond donors (Lipinski definition) is 0. The molecule has 0 rings (SSSR count). The Hall–Kier alpha value is -1.31. The van der Waals surface area contributed by atoms with Crippen molar-refractivity contribution in [3.05, 3.63) is 5.08 Å². The molecule has 0 aromatic rings. The molecule has 0 aromatic heterocycles. The van der Waals surface area contributed by atoms with Crippen molar-refractivity contribution in [1.82, 2.24) is 5.01 Å². The van der Waals surface area contributed by atoms with Crippen molar-refractivity contribution in [2.24, 2.45) is 0 Å². The first-order valence-corrected chi connectivity index (χ1v) is 3.84. The van der Waals surface area contributed by atoms with E-state index in [1.54, 1.807) is 27.7 Å². The molecule has 0 heterocycles. The lowest BCUT2D eigenvalue weighted by atomic mass is 10.4. The third-order valence-electron chi connectivity index (χ3n) is 1.11. The Bertz CT molecular complexity index is 195. The summed E-state index contributed by atoms with van der Waals surface area (Å²) in [5, 5.41) is 12.1. The Morgan fingerprint density at radius 1 is 1.42 bits per heavy atom. The molecule has 0 fully saturated rings. The lowest BCUT2D eigenvalue weighted by Crippen LogP contribution is -2.32. The first-order chi connectivity index (χ1) is 5.49. The number of carbonyl (C=O) groups excluding carboxylic acids is 1. The van der Waals surface area contributed by atoms with Crippen LogP contribution >= 0.6 is 0 Å². The van der Waals surface area contributed by atoms with Gasteiger partial charge in [-0.05, 0) is 27.7 Å². The second kappa shape index (κ2) is 4.54. The Morgan fingerprint density at radius 2 is 1.92 bits per heavy atom. The third-order valence-corrected chi connectivity index (χ3v) is 1.11. The van der Waals surface area contributed by atoms with Crippen LogP contribution in [0.1, 0.15) is 27.7 Å². The van der Waals surface area contributed by atoms with Crippen LogP contribution in [0.2, 0.25) is 0 Å². The van der Waals surface area contributed by atoms with Crippen molar-refractivity contribution in [3.8, 4) is 0 Å². The van der Waals surface area contributed by atoms with Crippen LogP contribution in [0.15, 0.2) is 0 Å². The summed E-state index contributed by atoms with van der Waals surface area (Å²) in [6.45, 7) is 6.91. The van der Waals surface area contributed by atoms with Crippen LogP contribution in [0.5, 0.6) is 0 Å². The molecule has 0 bridgehead atoms. The molecule has 0 N–H and O–H groups in total. The van der Waals surface area contributed by atoms with Gasteiger partial charge in [0.05, 0.1) is 11.1 Å². The molecule has 0 aliphatic rings. The van der Waals surface area contributed by atoms with E-state index >= 15 is 0 Å². The molecule has 68 valence electrons. The second-order valence-electron chi connectivity index (χ2n) is 2.96. The van der Waals surface area contributed by atoms with E-state index in [2.05, 4.69) is 5.08 Å². The molecule has 5 heteroatoms. The van der Waals surface area contributed by atoms with E-state index < -0.39 is 6.09 Å². The number of carbonyl (C=O) groups is 1. The van der Waals surface area contributed by atoms with Crippen LogP contribution in [0.3, 0.4) is 0 Å². The van der Waals surface area contributed by atoms with Crippen molar-refractivity contribution in [1.29, 1.82) is 5.39 Å². The molecular weight excluding hydrogens is 158 g/mol. The van der Waals surface area contributed by atoms with Gasteiger partial charge in [-0.1, -0.05) is 0 Å². The summed E-state index contributed by atoms with van der Waals surface area (Å²) in [6, 6.07) is -0.207. The molecule has 0 spiro atoms. The number of ether oxygens (including phenoxy) is 1. The van der Waals surface area contributed by atoms with Crippen LogP contribution in [0, 0.1) is 5.39 Å². The monoisotopic (exact) mass is 172 g/mol. The molecule has 0 saturated carbocycles. The van der Waals surface area contributed by atoms with E-state index in [-0.39, 0.29) is 12.1 Å². The van der Waals surface area contributed by atoms with Gasteiger partial charge in [-0.25, -0.2) is 4.79 Å². The second-order valence-corrected chi connectivity index (χ2v) is 2.96. The molecule has 1 amide bonds. The quantitative estimate of drug-likeness (QED) is 0.473. The first-order valence-electron chi connectivity index (χ1n) is 3.84. The van der Waals surface area contributed by atoms with Gasteiger partial charge in [-0.3, -0.25) is 0 Å². The average molecular weight is 172 g/mol. The van der Waals surface area contributed by atoms with E-state index in [0.717, 1.165) is 5.01 Å². The third kappa shape index (κ3) is 3.19. The van der Waals surface area contributed by atoms with Crippen LogP contribution < -0.4 is 0 Å². The minimum atomic E-state index is -0.637. The van der Waals surface area contributed by atoms with Crippen LogP contribution in [-0.2, 0) is 4.74 Å². The summed E-state index contributed by atoms with van der Waals surface area (Å²) in [7, 11) is 0. The number of nitrogens with zero attached hydrogens (tertiary/aromatic N) is 3. The molecular formula is C7H14N3O2+. The summed E-state index contributed by atoms with van der Waals surface area (Å²) in [4.78, 5) is 11.1. The highest BCUT2D eigenvalue weighted by molar-refractivity contribution is 5.68. The Morgan fingerprint density at radius 3 is 2.17 bits per heavy atom. The Kier molecular flexibility index (Phi) is 4.05. The zero-order valence-electron chi connectivity index (χ0n) is 7.81. The van der Waals surface area contributed by atoms with E-state index in [1.807, 2.05) is 0 Å². The number of rotatable bonds is 2. The molecule has 12 heavy (non-hydrogen) atoms. The molecule has 0 unspecified atom stereocenters. The normalized spacial score (nSPS) is 9.75. The smallest absolute Gasteiger partial charge is 0.442 e. The number of diazo groups is 1. The number of hydrogen-bond acceptors (Lipinski definition) is 3. The van der Waals surface area contributed by atoms with Crippen molar-refractivity contribution >= 4 is 6.09 Å². The highest BCUT2D eigenvalue weighted by atomic mass is 16.6.